The van der Waals surface area contributed by atoms with E-state index in [-0.39, 0.29) is 12.6 Å². The third kappa shape index (κ3) is 3.32. The molecule has 88 valence electrons. The van der Waals surface area contributed by atoms with Gasteiger partial charge in [0.25, 0.3) is 0 Å². The zero-order chi connectivity index (χ0) is 12.2. The molecular weight excluding hydrogens is 218 g/mol. The van der Waals surface area contributed by atoms with E-state index in [1.165, 1.54) is 6.08 Å². The first-order chi connectivity index (χ1) is 6.75. The maximum atomic E-state index is 11.8. The summed E-state index contributed by atoms with van der Waals surface area (Å²) in [5, 5.41) is 7.25. The molecule has 0 saturated carbocycles. The Balaban J connectivity index is 5.12. The predicted molar refractivity (Wildman–Crippen MR) is 58.1 cm³/mol. The molecule has 0 aliphatic carbocycles. The Morgan fingerprint density at radius 1 is 1.47 bits per heavy atom. The number of aliphatic carboxylic acids is 1. The van der Waals surface area contributed by atoms with Gasteiger partial charge in [-0.1, -0.05) is 6.08 Å². The number of nitrogens with zero attached hydrogens (tertiary/aromatic N) is 1. The van der Waals surface area contributed by atoms with Crippen LogP contribution in [0.25, 0.3) is 0 Å². The summed E-state index contributed by atoms with van der Waals surface area (Å²) in [5.41, 5.74) is 0. The Morgan fingerprint density at radius 3 is 2.20 bits per heavy atom. The molecule has 0 aromatic heterocycles. The molecule has 0 fully saturated rings. The Hall–Kier alpha value is -0.880. The fraction of sp³-hybridized carbons (Fsp3) is 0.667. The molecule has 1 atom stereocenters. The third-order valence-electron chi connectivity index (χ3n) is 2.01. The lowest BCUT2D eigenvalue weighted by molar-refractivity contribution is -0.136. The van der Waals surface area contributed by atoms with Gasteiger partial charge >= 0.3 is 5.97 Å². The molecule has 0 amide bonds. The molecule has 1 unspecified atom stereocenters. The molecule has 0 bridgehead atoms. The molecule has 0 heterocycles. The molecule has 0 radical (unpaired) electrons. The molecule has 0 aromatic carbocycles. The van der Waals surface area contributed by atoms with Gasteiger partial charge in [0, 0.05) is 12.6 Å². The summed E-state index contributed by atoms with van der Waals surface area (Å²) in [6.45, 7) is 8.11. The molecule has 0 rings (SSSR count). The number of carboxylic acids is 1. The van der Waals surface area contributed by atoms with Crippen molar-refractivity contribution in [2.45, 2.75) is 32.1 Å². The van der Waals surface area contributed by atoms with E-state index in [9.17, 15) is 13.2 Å². The van der Waals surface area contributed by atoms with Crippen LogP contribution in [0.5, 0.6) is 0 Å². The lowest BCUT2D eigenvalue weighted by Crippen LogP contribution is -2.44. The number of hydrogen-bond acceptors (Lipinski definition) is 3. The second-order valence-electron chi connectivity index (χ2n) is 3.48. The zero-order valence-corrected chi connectivity index (χ0v) is 9.99. The van der Waals surface area contributed by atoms with Gasteiger partial charge in [0.15, 0.2) is 5.25 Å². The summed E-state index contributed by atoms with van der Waals surface area (Å²) in [6.07, 6.45) is 1.44. The van der Waals surface area contributed by atoms with Crippen LogP contribution in [-0.4, -0.2) is 41.6 Å². The summed E-state index contributed by atoms with van der Waals surface area (Å²) in [4.78, 5) is 10.6. The molecule has 15 heavy (non-hydrogen) atoms. The molecule has 1 N–H and O–H groups in total. The highest BCUT2D eigenvalue weighted by Crippen LogP contribution is 2.13. The normalized spacial score (nSPS) is 14.2. The van der Waals surface area contributed by atoms with Crippen LogP contribution in [0.1, 0.15) is 20.8 Å². The van der Waals surface area contributed by atoms with Crippen molar-refractivity contribution in [3.63, 3.8) is 0 Å². The van der Waals surface area contributed by atoms with Gasteiger partial charge in [-0.3, -0.25) is 4.79 Å². The molecule has 6 heteroatoms. The number of rotatable bonds is 6. The predicted octanol–water partition coefficient (Wildman–Crippen LogP) is 0.686. The minimum Gasteiger partial charge on any atom is -0.480 e. The first-order valence-corrected chi connectivity index (χ1v) is 6.09. The monoisotopic (exact) mass is 235 g/mol. The van der Waals surface area contributed by atoms with E-state index in [4.69, 9.17) is 5.11 Å². The molecule has 0 spiro atoms. The lowest BCUT2D eigenvalue weighted by Gasteiger charge is -2.26. The van der Waals surface area contributed by atoms with Crippen molar-refractivity contribution in [3.8, 4) is 0 Å². The number of carbonyl (C=O) groups is 1. The van der Waals surface area contributed by atoms with Crippen LogP contribution in [-0.2, 0) is 14.8 Å². The molecule has 0 aromatic rings. The van der Waals surface area contributed by atoms with Crippen LogP contribution >= 0.6 is 0 Å². The second-order valence-corrected chi connectivity index (χ2v) is 5.68. The number of carboxylic acid groups (broad SMARTS) is 1. The van der Waals surface area contributed by atoms with Gasteiger partial charge in [-0.25, -0.2) is 8.42 Å². The van der Waals surface area contributed by atoms with Crippen LogP contribution in [0.3, 0.4) is 0 Å². The molecule has 0 aliphatic rings. The first kappa shape index (κ1) is 14.1. The van der Waals surface area contributed by atoms with Crippen molar-refractivity contribution < 1.29 is 18.3 Å². The molecular formula is C9H17NO4S. The van der Waals surface area contributed by atoms with Crippen molar-refractivity contribution in [2.24, 2.45) is 0 Å². The first-order valence-electron chi connectivity index (χ1n) is 4.59. The maximum Gasteiger partial charge on any atom is 0.323 e. The van der Waals surface area contributed by atoms with Gasteiger partial charge in [-0.2, -0.15) is 4.31 Å². The quantitative estimate of drug-likeness (QED) is 0.687. The number of sulfonamides is 1. The molecule has 5 nitrogen and oxygen atoms in total. The van der Waals surface area contributed by atoms with Gasteiger partial charge in [0.1, 0.15) is 0 Å². The van der Waals surface area contributed by atoms with E-state index in [1.807, 2.05) is 0 Å². The van der Waals surface area contributed by atoms with Gasteiger partial charge < -0.3 is 5.11 Å². The van der Waals surface area contributed by atoms with Gasteiger partial charge in [0.05, 0.1) is 0 Å². The van der Waals surface area contributed by atoms with Crippen LogP contribution < -0.4 is 0 Å². The van der Waals surface area contributed by atoms with E-state index in [0.29, 0.717) is 0 Å². The Kier molecular flexibility index (Phi) is 4.96. The Morgan fingerprint density at radius 2 is 1.93 bits per heavy atom. The van der Waals surface area contributed by atoms with Gasteiger partial charge in [-0.05, 0) is 20.8 Å². The molecule has 0 saturated heterocycles. The Bertz CT molecular complexity index is 334. The largest absolute Gasteiger partial charge is 0.480 e. The van der Waals surface area contributed by atoms with Crippen molar-refractivity contribution >= 4 is 16.0 Å². The van der Waals surface area contributed by atoms with Crippen LogP contribution in [0.2, 0.25) is 0 Å². The topological polar surface area (TPSA) is 74.7 Å². The lowest BCUT2D eigenvalue weighted by atomic mass is 10.4. The van der Waals surface area contributed by atoms with E-state index in [0.717, 1.165) is 11.2 Å². The van der Waals surface area contributed by atoms with Gasteiger partial charge in [-0.15, -0.1) is 6.58 Å². The summed E-state index contributed by atoms with van der Waals surface area (Å²) >= 11 is 0. The summed E-state index contributed by atoms with van der Waals surface area (Å²) in [7, 11) is -3.80. The SMILES string of the molecule is C=CCN(C(C)C)S(=O)(=O)C(C)C(=O)O. The summed E-state index contributed by atoms with van der Waals surface area (Å²) in [6, 6.07) is -0.283. The van der Waals surface area contributed by atoms with E-state index in [1.54, 1.807) is 13.8 Å². The highest BCUT2D eigenvalue weighted by Gasteiger charge is 2.34. The number of hydrogen-bond donors (Lipinski definition) is 1. The fourth-order valence-corrected chi connectivity index (χ4v) is 2.63. The minimum absolute atomic E-state index is 0.123. The minimum atomic E-state index is -3.80. The van der Waals surface area contributed by atoms with Crippen molar-refractivity contribution in [2.75, 3.05) is 6.54 Å². The van der Waals surface area contributed by atoms with Crippen LogP contribution in [0.4, 0.5) is 0 Å². The Labute approximate surface area is 90.4 Å². The summed E-state index contributed by atoms with van der Waals surface area (Å²) < 4.78 is 24.7. The van der Waals surface area contributed by atoms with Crippen molar-refractivity contribution in [1.82, 2.24) is 4.31 Å². The average molecular weight is 235 g/mol. The van der Waals surface area contributed by atoms with Crippen molar-refractivity contribution in [1.29, 1.82) is 0 Å². The summed E-state index contributed by atoms with van der Waals surface area (Å²) in [5.74, 6) is -1.34. The van der Waals surface area contributed by atoms with Crippen LogP contribution in [0.15, 0.2) is 12.7 Å². The standard InChI is InChI=1S/C9H17NO4S/c1-5-6-10(7(2)3)15(13,14)8(4)9(11)12/h5,7-8H,1,6H2,2-4H3,(H,11,12). The second kappa shape index (κ2) is 5.27. The van der Waals surface area contributed by atoms with Crippen molar-refractivity contribution in [3.05, 3.63) is 12.7 Å². The fourth-order valence-electron chi connectivity index (χ4n) is 1.07. The smallest absolute Gasteiger partial charge is 0.323 e. The van der Waals surface area contributed by atoms with E-state index >= 15 is 0 Å². The highest BCUT2D eigenvalue weighted by atomic mass is 32.2. The van der Waals surface area contributed by atoms with E-state index < -0.39 is 21.2 Å². The van der Waals surface area contributed by atoms with Gasteiger partial charge in [0.2, 0.25) is 10.0 Å². The molecule has 0 aliphatic heterocycles. The average Bonchev–Trinajstić information content (AvgIpc) is 2.11. The zero-order valence-electron chi connectivity index (χ0n) is 9.17. The maximum absolute atomic E-state index is 11.8. The van der Waals surface area contributed by atoms with Crippen LogP contribution in [0, 0.1) is 0 Å². The van der Waals surface area contributed by atoms with E-state index in [2.05, 4.69) is 6.58 Å². The third-order valence-corrected chi connectivity index (χ3v) is 4.33. The highest BCUT2D eigenvalue weighted by molar-refractivity contribution is 7.90.